The lowest BCUT2D eigenvalue weighted by atomic mass is 10.2. The van der Waals surface area contributed by atoms with Crippen molar-refractivity contribution in [2.45, 2.75) is 13.3 Å². The molecule has 0 saturated carbocycles. The fourth-order valence-electron chi connectivity index (χ4n) is 0.661. The van der Waals surface area contributed by atoms with Crippen LogP contribution >= 0.6 is 0 Å². The van der Waals surface area contributed by atoms with E-state index < -0.39 is 0 Å². The number of hydrogen-bond acceptors (Lipinski definition) is 2. The van der Waals surface area contributed by atoms with Gasteiger partial charge in [-0.15, -0.1) is 0 Å². The summed E-state index contributed by atoms with van der Waals surface area (Å²) in [6.07, 6.45) is 2.69. The SMILES string of the molecule is CC1=CCOC(=N)C1. The smallest absolute Gasteiger partial charge is 0.184 e. The van der Waals surface area contributed by atoms with E-state index in [4.69, 9.17) is 10.1 Å². The number of rotatable bonds is 0. The highest BCUT2D eigenvalue weighted by Gasteiger charge is 2.02. The Morgan fingerprint density at radius 1 is 1.75 bits per heavy atom. The van der Waals surface area contributed by atoms with Crippen LogP contribution in [0.25, 0.3) is 0 Å². The molecule has 8 heavy (non-hydrogen) atoms. The molecule has 0 atom stereocenters. The molecule has 44 valence electrons. The van der Waals surface area contributed by atoms with Gasteiger partial charge in [-0.05, 0) is 13.0 Å². The first-order valence-corrected chi connectivity index (χ1v) is 2.65. The maximum atomic E-state index is 7.06. The fraction of sp³-hybridized carbons (Fsp3) is 0.500. The van der Waals surface area contributed by atoms with E-state index in [0.717, 1.165) is 0 Å². The van der Waals surface area contributed by atoms with Crippen LogP contribution in [0.15, 0.2) is 11.6 Å². The Morgan fingerprint density at radius 2 is 2.50 bits per heavy atom. The summed E-state index contributed by atoms with van der Waals surface area (Å²) in [7, 11) is 0. The quantitative estimate of drug-likeness (QED) is 0.470. The minimum atomic E-state index is 0.394. The fourth-order valence-corrected chi connectivity index (χ4v) is 0.661. The molecule has 0 aromatic rings. The first-order valence-electron chi connectivity index (χ1n) is 2.65. The second-order valence-electron chi connectivity index (χ2n) is 1.96. The Balaban J connectivity index is 2.57. The Hall–Kier alpha value is -0.790. The van der Waals surface area contributed by atoms with Crippen LogP contribution in [-0.2, 0) is 4.74 Å². The molecule has 1 N–H and O–H groups in total. The van der Waals surface area contributed by atoms with E-state index >= 15 is 0 Å². The first-order chi connectivity index (χ1) is 3.79. The Morgan fingerprint density at radius 3 is 2.88 bits per heavy atom. The lowest BCUT2D eigenvalue weighted by molar-refractivity contribution is 0.329. The highest BCUT2D eigenvalue weighted by molar-refractivity contribution is 5.76. The summed E-state index contributed by atoms with van der Waals surface area (Å²) in [5.41, 5.74) is 1.24. The molecule has 1 rings (SSSR count). The zero-order valence-electron chi connectivity index (χ0n) is 4.90. The van der Waals surface area contributed by atoms with Crippen LogP contribution in [0.3, 0.4) is 0 Å². The van der Waals surface area contributed by atoms with Gasteiger partial charge in [0.2, 0.25) is 0 Å². The molecule has 0 fully saturated rings. The third-order valence-electron chi connectivity index (χ3n) is 1.13. The van der Waals surface area contributed by atoms with Crippen molar-refractivity contribution in [1.82, 2.24) is 0 Å². The molecule has 0 spiro atoms. The van der Waals surface area contributed by atoms with Gasteiger partial charge in [-0.25, -0.2) is 0 Å². The molecule has 0 saturated heterocycles. The van der Waals surface area contributed by atoms with Crippen molar-refractivity contribution in [1.29, 1.82) is 5.41 Å². The average Bonchev–Trinajstić information content (AvgIpc) is 1.64. The van der Waals surface area contributed by atoms with Crippen LogP contribution < -0.4 is 0 Å². The Bertz CT molecular complexity index is 137. The van der Waals surface area contributed by atoms with Gasteiger partial charge in [0.05, 0.1) is 0 Å². The molecule has 2 heteroatoms. The van der Waals surface area contributed by atoms with Gasteiger partial charge in [-0.1, -0.05) is 5.57 Å². The van der Waals surface area contributed by atoms with E-state index in [0.29, 0.717) is 18.9 Å². The standard InChI is InChI=1S/C6H9NO/c1-5-2-3-8-6(7)4-5/h2,7H,3-4H2,1H3. The molecule has 0 amide bonds. The highest BCUT2D eigenvalue weighted by Crippen LogP contribution is 2.06. The van der Waals surface area contributed by atoms with Crippen LogP contribution in [0.4, 0.5) is 0 Å². The largest absolute Gasteiger partial charge is 0.477 e. The molecule has 0 aromatic carbocycles. The van der Waals surface area contributed by atoms with Crippen LogP contribution in [0.1, 0.15) is 13.3 Å². The van der Waals surface area contributed by atoms with Crippen LogP contribution in [0, 0.1) is 5.41 Å². The zero-order valence-corrected chi connectivity index (χ0v) is 4.90. The van der Waals surface area contributed by atoms with Gasteiger partial charge in [-0.3, -0.25) is 5.41 Å². The van der Waals surface area contributed by atoms with E-state index in [-0.39, 0.29) is 0 Å². The van der Waals surface area contributed by atoms with Crippen molar-refractivity contribution >= 4 is 5.90 Å². The summed E-state index contributed by atoms with van der Waals surface area (Å²) in [5.74, 6) is 0.394. The van der Waals surface area contributed by atoms with Gasteiger partial charge in [0.15, 0.2) is 5.90 Å². The summed E-state index contributed by atoms with van der Waals surface area (Å²) < 4.78 is 4.86. The van der Waals surface area contributed by atoms with Crippen LogP contribution in [0.2, 0.25) is 0 Å². The van der Waals surface area contributed by atoms with Gasteiger partial charge in [0, 0.05) is 6.42 Å². The molecule has 0 radical (unpaired) electrons. The summed E-state index contributed by atoms with van der Waals surface area (Å²) in [5, 5.41) is 7.06. The molecule has 0 aliphatic carbocycles. The molecule has 1 aliphatic rings. The van der Waals surface area contributed by atoms with Gasteiger partial charge >= 0.3 is 0 Å². The van der Waals surface area contributed by atoms with E-state index in [1.165, 1.54) is 5.57 Å². The van der Waals surface area contributed by atoms with E-state index in [1.807, 2.05) is 13.0 Å². The third-order valence-corrected chi connectivity index (χ3v) is 1.13. The van der Waals surface area contributed by atoms with Crippen molar-refractivity contribution < 1.29 is 4.74 Å². The van der Waals surface area contributed by atoms with Crippen molar-refractivity contribution in [3.8, 4) is 0 Å². The number of ether oxygens (including phenoxy) is 1. The van der Waals surface area contributed by atoms with Crippen LogP contribution in [0.5, 0.6) is 0 Å². The third kappa shape index (κ3) is 1.09. The molecule has 1 heterocycles. The lowest BCUT2D eigenvalue weighted by Crippen LogP contribution is -2.08. The monoisotopic (exact) mass is 111 g/mol. The average molecular weight is 111 g/mol. The van der Waals surface area contributed by atoms with Gasteiger partial charge < -0.3 is 4.74 Å². The van der Waals surface area contributed by atoms with Gasteiger partial charge in [0.1, 0.15) is 6.61 Å². The van der Waals surface area contributed by atoms with Gasteiger partial charge in [-0.2, -0.15) is 0 Å². The minimum Gasteiger partial charge on any atom is -0.477 e. The number of hydrogen-bond donors (Lipinski definition) is 1. The summed E-state index contributed by atoms with van der Waals surface area (Å²) in [6.45, 7) is 2.60. The van der Waals surface area contributed by atoms with E-state index in [1.54, 1.807) is 0 Å². The van der Waals surface area contributed by atoms with E-state index in [9.17, 15) is 0 Å². The Kier molecular flexibility index (Phi) is 1.33. The van der Waals surface area contributed by atoms with Gasteiger partial charge in [0.25, 0.3) is 0 Å². The molecular weight excluding hydrogens is 102 g/mol. The van der Waals surface area contributed by atoms with Crippen molar-refractivity contribution in [2.75, 3.05) is 6.61 Å². The predicted molar refractivity (Wildman–Crippen MR) is 32.1 cm³/mol. The molecule has 2 nitrogen and oxygen atoms in total. The van der Waals surface area contributed by atoms with Crippen molar-refractivity contribution in [2.24, 2.45) is 0 Å². The maximum absolute atomic E-state index is 7.06. The Labute approximate surface area is 48.7 Å². The molecule has 0 aromatic heterocycles. The van der Waals surface area contributed by atoms with Crippen LogP contribution in [-0.4, -0.2) is 12.5 Å². The normalized spacial score (nSPS) is 19.6. The molecule has 0 bridgehead atoms. The van der Waals surface area contributed by atoms with Crippen molar-refractivity contribution in [3.05, 3.63) is 11.6 Å². The molecule has 1 aliphatic heterocycles. The first kappa shape index (κ1) is 5.35. The second-order valence-corrected chi connectivity index (χ2v) is 1.96. The topological polar surface area (TPSA) is 33.1 Å². The second kappa shape index (κ2) is 1.99. The minimum absolute atomic E-state index is 0.394. The summed E-state index contributed by atoms with van der Waals surface area (Å²) in [4.78, 5) is 0. The number of nitrogens with one attached hydrogen (secondary N) is 1. The zero-order chi connectivity index (χ0) is 5.98. The summed E-state index contributed by atoms with van der Waals surface area (Å²) in [6, 6.07) is 0. The maximum Gasteiger partial charge on any atom is 0.184 e. The lowest BCUT2D eigenvalue weighted by Gasteiger charge is -2.10. The molecule has 0 unspecified atom stereocenters. The predicted octanol–water partition coefficient (Wildman–Crippen LogP) is 1.33. The van der Waals surface area contributed by atoms with E-state index in [2.05, 4.69) is 0 Å². The summed E-state index contributed by atoms with van der Waals surface area (Å²) >= 11 is 0. The van der Waals surface area contributed by atoms with Crippen molar-refractivity contribution in [3.63, 3.8) is 0 Å². The molecular formula is C6H9NO. The highest BCUT2D eigenvalue weighted by atomic mass is 16.5.